The number of nitrogens with zero attached hydrogens (tertiary/aromatic N) is 1. The number of aromatic nitrogens is 1. The molecule has 1 N–H and O–H groups in total. The van der Waals surface area contributed by atoms with Crippen molar-refractivity contribution >= 4 is 5.91 Å². The van der Waals surface area contributed by atoms with Gasteiger partial charge in [0.25, 0.3) is 5.91 Å². The third-order valence-electron chi connectivity index (χ3n) is 3.87. The average Bonchev–Trinajstić information content (AvgIpc) is 2.66. The maximum Gasteiger partial charge on any atom is 0.253 e. The fourth-order valence-electron chi connectivity index (χ4n) is 2.43. The van der Waals surface area contributed by atoms with Gasteiger partial charge in [0.2, 0.25) is 0 Å². The summed E-state index contributed by atoms with van der Waals surface area (Å²) in [5.41, 5.74) is 3.53. The molecule has 3 rings (SSSR count). The van der Waals surface area contributed by atoms with Crippen LogP contribution in [0.3, 0.4) is 0 Å². The summed E-state index contributed by atoms with van der Waals surface area (Å²) in [5, 5.41) is 2.94. The van der Waals surface area contributed by atoms with E-state index in [-0.39, 0.29) is 5.91 Å². The van der Waals surface area contributed by atoms with E-state index in [0.29, 0.717) is 18.7 Å². The normalized spacial score (nSPS) is 10.3. The molecular weight excluding hydrogens is 312 g/mol. The van der Waals surface area contributed by atoms with Crippen LogP contribution in [-0.4, -0.2) is 10.9 Å². The van der Waals surface area contributed by atoms with E-state index in [1.165, 1.54) is 0 Å². The zero-order valence-corrected chi connectivity index (χ0v) is 14.1. The quantitative estimate of drug-likeness (QED) is 0.745. The molecule has 0 aliphatic rings. The van der Waals surface area contributed by atoms with Gasteiger partial charge in [0.1, 0.15) is 12.4 Å². The first-order valence-corrected chi connectivity index (χ1v) is 8.18. The van der Waals surface area contributed by atoms with E-state index >= 15 is 0 Å². The van der Waals surface area contributed by atoms with E-state index in [0.717, 1.165) is 22.6 Å². The number of nitrogens with one attached hydrogen (secondary N) is 1. The Hall–Kier alpha value is -3.14. The summed E-state index contributed by atoms with van der Waals surface area (Å²) in [6, 6.07) is 21.2. The Kier molecular flexibility index (Phi) is 5.42. The molecule has 0 unspecified atom stereocenters. The van der Waals surface area contributed by atoms with E-state index in [1.807, 2.05) is 67.6 Å². The second-order valence-corrected chi connectivity index (χ2v) is 5.74. The Morgan fingerprint density at radius 3 is 2.40 bits per heavy atom. The zero-order valence-electron chi connectivity index (χ0n) is 14.1. The molecule has 2 aromatic carbocycles. The Morgan fingerprint density at radius 1 is 0.960 bits per heavy atom. The fourth-order valence-corrected chi connectivity index (χ4v) is 2.43. The topological polar surface area (TPSA) is 51.2 Å². The van der Waals surface area contributed by atoms with E-state index < -0.39 is 0 Å². The zero-order chi connectivity index (χ0) is 17.5. The molecule has 0 aliphatic heterocycles. The van der Waals surface area contributed by atoms with Gasteiger partial charge < -0.3 is 10.1 Å². The molecule has 0 saturated carbocycles. The van der Waals surface area contributed by atoms with Crippen LogP contribution in [0.1, 0.15) is 27.2 Å². The number of amides is 1. The third kappa shape index (κ3) is 4.67. The van der Waals surface area contributed by atoms with Gasteiger partial charge in [-0.25, -0.2) is 0 Å². The predicted octanol–water partition coefficient (Wildman–Crippen LogP) is 3.90. The summed E-state index contributed by atoms with van der Waals surface area (Å²) in [6.45, 7) is 2.80. The van der Waals surface area contributed by atoms with E-state index in [1.54, 1.807) is 12.3 Å². The van der Waals surface area contributed by atoms with Gasteiger partial charge in [-0.3, -0.25) is 9.78 Å². The molecule has 126 valence electrons. The average molecular weight is 332 g/mol. The smallest absolute Gasteiger partial charge is 0.253 e. The number of hydrogen-bond donors (Lipinski definition) is 1. The molecule has 4 nitrogen and oxygen atoms in total. The van der Waals surface area contributed by atoms with Crippen LogP contribution in [0.15, 0.2) is 72.9 Å². The molecule has 0 radical (unpaired) electrons. The second-order valence-electron chi connectivity index (χ2n) is 5.74. The summed E-state index contributed by atoms with van der Waals surface area (Å²) in [6.07, 6.45) is 1.59. The highest BCUT2D eigenvalue weighted by Crippen LogP contribution is 2.15. The van der Waals surface area contributed by atoms with Gasteiger partial charge in [-0.05, 0) is 42.3 Å². The van der Waals surface area contributed by atoms with Crippen molar-refractivity contribution < 1.29 is 9.53 Å². The van der Waals surface area contributed by atoms with Crippen molar-refractivity contribution in [3.63, 3.8) is 0 Å². The van der Waals surface area contributed by atoms with Gasteiger partial charge in [-0.1, -0.05) is 42.5 Å². The van der Waals surface area contributed by atoms with Gasteiger partial charge in [-0.2, -0.15) is 0 Å². The first-order chi connectivity index (χ1) is 12.2. The van der Waals surface area contributed by atoms with Gasteiger partial charge in [0, 0.05) is 18.4 Å². The van der Waals surface area contributed by atoms with Gasteiger partial charge >= 0.3 is 0 Å². The number of hydrogen-bond acceptors (Lipinski definition) is 3. The molecule has 1 amide bonds. The fraction of sp³-hybridized carbons (Fsp3) is 0.143. The molecular formula is C21H20N2O2. The van der Waals surface area contributed by atoms with Crippen LogP contribution in [0.25, 0.3) is 0 Å². The lowest BCUT2D eigenvalue weighted by molar-refractivity contribution is 0.0950. The van der Waals surface area contributed by atoms with E-state index in [4.69, 9.17) is 4.74 Å². The summed E-state index contributed by atoms with van der Waals surface area (Å²) >= 11 is 0. The highest BCUT2D eigenvalue weighted by molar-refractivity contribution is 5.93. The van der Waals surface area contributed by atoms with Crippen molar-refractivity contribution in [2.75, 3.05) is 0 Å². The Balaban J connectivity index is 1.62. The molecule has 0 aliphatic carbocycles. The van der Waals surface area contributed by atoms with Crippen molar-refractivity contribution in [1.82, 2.24) is 10.3 Å². The number of carbonyl (C=O) groups is 1. The number of carbonyl (C=O) groups excluding carboxylic acids is 1. The highest BCUT2D eigenvalue weighted by atomic mass is 16.5. The lowest BCUT2D eigenvalue weighted by atomic mass is 10.1. The number of ether oxygens (including phenoxy) is 1. The molecule has 1 aromatic heterocycles. The molecule has 1 heterocycles. The van der Waals surface area contributed by atoms with Crippen LogP contribution in [0, 0.1) is 6.92 Å². The summed E-state index contributed by atoms with van der Waals surface area (Å²) in [7, 11) is 0. The van der Waals surface area contributed by atoms with Crippen molar-refractivity contribution in [1.29, 1.82) is 0 Å². The SMILES string of the molecule is Cc1ccc(C(=O)NCc2ccccc2COc2ccccc2)cn1. The molecule has 0 saturated heterocycles. The first kappa shape index (κ1) is 16.7. The predicted molar refractivity (Wildman–Crippen MR) is 97.4 cm³/mol. The summed E-state index contributed by atoms with van der Waals surface area (Å²) in [5.74, 6) is 0.693. The van der Waals surface area contributed by atoms with E-state index in [9.17, 15) is 4.79 Å². The Labute approximate surface area is 147 Å². The molecule has 4 heteroatoms. The number of benzene rings is 2. The van der Waals surface area contributed by atoms with Crippen LogP contribution >= 0.6 is 0 Å². The first-order valence-electron chi connectivity index (χ1n) is 8.18. The van der Waals surface area contributed by atoms with Crippen molar-refractivity contribution in [2.45, 2.75) is 20.1 Å². The summed E-state index contributed by atoms with van der Waals surface area (Å²) in [4.78, 5) is 16.4. The van der Waals surface area contributed by atoms with E-state index in [2.05, 4.69) is 10.3 Å². The summed E-state index contributed by atoms with van der Waals surface area (Å²) < 4.78 is 5.81. The molecule has 0 spiro atoms. The Morgan fingerprint density at radius 2 is 1.68 bits per heavy atom. The Bertz CT molecular complexity index is 830. The second kappa shape index (κ2) is 8.11. The number of aryl methyl sites for hydroxylation is 1. The van der Waals surface area contributed by atoms with Crippen molar-refractivity contribution in [3.05, 3.63) is 95.3 Å². The minimum absolute atomic E-state index is 0.133. The minimum atomic E-state index is -0.133. The standard InChI is InChI=1S/C21H20N2O2/c1-16-11-12-18(14-22-16)21(24)23-13-17-7-5-6-8-19(17)15-25-20-9-3-2-4-10-20/h2-12,14H,13,15H2,1H3,(H,23,24). The highest BCUT2D eigenvalue weighted by Gasteiger charge is 2.08. The largest absolute Gasteiger partial charge is 0.489 e. The third-order valence-corrected chi connectivity index (χ3v) is 3.87. The molecule has 0 bridgehead atoms. The molecule has 0 fully saturated rings. The number of pyridine rings is 1. The monoisotopic (exact) mass is 332 g/mol. The number of para-hydroxylation sites is 1. The van der Waals surface area contributed by atoms with Crippen LogP contribution in [0.4, 0.5) is 0 Å². The maximum atomic E-state index is 12.2. The van der Waals surface area contributed by atoms with Gasteiger partial charge in [0.05, 0.1) is 5.56 Å². The molecule has 25 heavy (non-hydrogen) atoms. The van der Waals surface area contributed by atoms with Crippen LogP contribution < -0.4 is 10.1 Å². The minimum Gasteiger partial charge on any atom is -0.489 e. The van der Waals surface area contributed by atoms with Crippen molar-refractivity contribution in [2.24, 2.45) is 0 Å². The molecule has 0 atom stereocenters. The number of rotatable bonds is 6. The van der Waals surface area contributed by atoms with Gasteiger partial charge in [-0.15, -0.1) is 0 Å². The van der Waals surface area contributed by atoms with Crippen LogP contribution in [-0.2, 0) is 13.2 Å². The van der Waals surface area contributed by atoms with Gasteiger partial charge in [0.15, 0.2) is 0 Å². The maximum absolute atomic E-state index is 12.2. The lowest BCUT2D eigenvalue weighted by Gasteiger charge is -2.12. The van der Waals surface area contributed by atoms with Crippen LogP contribution in [0.5, 0.6) is 5.75 Å². The van der Waals surface area contributed by atoms with Crippen molar-refractivity contribution in [3.8, 4) is 5.75 Å². The molecule has 3 aromatic rings. The lowest BCUT2D eigenvalue weighted by Crippen LogP contribution is -2.23. The van der Waals surface area contributed by atoms with Crippen LogP contribution in [0.2, 0.25) is 0 Å².